The quantitative estimate of drug-likeness (QED) is 0.275. The van der Waals surface area contributed by atoms with Gasteiger partial charge in [0.05, 0.1) is 0 Å². The first-order chi connectivity index (χ1) is 5.98. The van der Waals surface area contributed by atoms with E-state index in [1.807, 2.05) is 0 Å². The Morgan fingerprint density at radius 2 is 2.08 bits per heavy atom. The minimum Gasteiger partial charge on any atom is -0.362 e. The predicted molar refractivity (Wildman–Crippen MR) is 57.7 cm³/mol. The third kappa shape index (κ3) is 6.38. The highest BCUT2D eigenvalue weighted by molar-refractivity contribution is 5.56. The molecule has 0 aliphatic carbocycles. The van der Waals surface area contributed by atoms with Gasteiger partial charge in [-0.1, -0.05) is 45.9 Å². The van der Waals surface area contributed by atoms with Crippen molar-refractivity contribution in [3.8, 4) is 0 Å². The fourth-order valence-electron chi connectivity index (χ4n) is 0.586. The van der Waals surface area contributed by atoms with Crippen LogP contribution in [0.5, 0.6) is 0 Å². The molecule has 0 amide bonds. The van der Waals surface area contributed by atoms with E-state index in [1.54, 1.807) is 6.21 Å². The monoisotopic (exact) mass is 183 g/mol. The lowest BCUT2D eigenvalue weighted by Gasteiger charge is -2.18. The van der Waals surface area contributed by atoms with E-state index in [4.69, 9.17) is 4.84 Å². The zero-order valence-electron chi connectivity index (χ0n) is 9.26. The molecule has 0 unspecified atom stereocenters. The van der Waals surface area contributed by atoms with Crippen LogP contribution in [0.4, 0.5) is 0 Å². The molecule has 0 atom stereocenters. The molecule has 0 fully saturated rings. The van der Waals surface area contributed by atoms with E-state index in [-0.39, 0.29) is 5.41 Å². The smallest absolute Gasteiger partial charge is 0.133 e. The molecule has 0 aliphatic heterocycles. The first-order valence-electron chi connectivity index (χ1n) is 4.86. The topological polar surface area (TPSA) is 21.6 Å². The summed E-state index contributed by atoms with van der Waals surface area (Å²) in [4.78, 5) is 5.13. The van der Waals surface area contributed by atoms with Crippen LogP contribution in [0.2, 0.25) is 0 Å². The fourth-order valence-corrected chi connectivity index (χ4v) is 0.586. The van der Waals surface area contributed by atoms with Crippen LogP contribution >= 0.6 is 0 Å². The van der Waals surface area contributed by atoms with Crippen molar-refractivity contribution in [2.24, 2.45) is 10.6 Å². The molecule has 0 radical (unpaired) electrons. The molecule has 76 valence electrons. The summed E-state index contributed by atoms with van der Waals surface area (Å²) in [6.45, 7) is 12.1. The summed E-state index contributed by atoms with van der Waals surface area (Å²) in [6.07, 6.45) is 5.13. The van der Waals surface area contributed by atoms with Gasteiger partial charge in [-0.3, -0.25) is 0 Å². The highest BCUT2D eigenvalue weighted by Crippen LogP contribution is 2.24. The highest BCUT2D eigenvalue weighted by Gasteiger charge is 2.16. The van der Waals surface area contributed by atoms with Gasteiger partial charge in [-0.25, -0.2) is 0 Å². The molecule has 0 aliphatic rings. The van der Waals surface area contributed by atoms with Gasteiger partial charge >= 0.3 is 0 Å². The molecule has 0 heterocycles. The van der Waals surface area contributed by atoms with Crippen molar-refractivity contribution in [1.29, 1.82) is 0 Å². The molecule has 0 aromatic heterocycles. The molecule has 0 spiro atoms. The molecule has 2 nitrogen and oxygen atoms in total. The maximum Gasteiger partial charge on any atom is 0.133 e. The summed E-state index contributed by atoms with van der Waals surface area (Å²) in [5.41, 5.74) is -0.0257. The molecule has 0 rings (SSSR count). The third-order valence-corrected chi connectivity index (χ3v) is 1.76. The van der Waals surface area contributed by atoms with E-state index in [1.165, 1.54) is 6.42 Å². The zero-order valence-corrected chi connectivity index (χ0v) is 9.26. The Morgan fingerprint density at radius 3 is 2.54 bits per heavy atom. The SMILES string of the molecule is C=C(ON=CCCCC)C(C)(C)C. The van der Waals surface area contributed by atoms with E-state index >= 15 is 0 Å². The minimum absolute atomic E-state index is 0.0257. The molecule has 0 bridgehead atoms. The maximum absolute atomic E-state index is 5.13. The number of unbranched alkanes of at least 4 members (excludes halogenated alkanes) is 2. The number of oxime groups is 1. The molecule has 2 heteroatoms. The average molecular weight is 183 g/mol. The molecule has 0 aromatic rings. The number of hydrogen-bond donors (Lipinski definition) is 0. The van der Waals surface area contributed by atoms with Crippen molar-refractivity contribution in [3.63, 3.8) is 0 Å². The lowest BCUT2D eigenvalue weighted by atomic mass is 9.95. The molecule has 0 aromatic carbocycles. The van der Waals surface area contributed by atoms with Gasteiger partial charge in [-0.05, 0) is 12.8 Å². The van der Waals surface area contributed by atoms with Crippen molar-refractivity contribution >= 4 is 6.21 Å². The number of nitrogens with zero attached hydrogens (tertiary/aromatic N) is 1. The third-order valence-electron chi connectivity index (χ3n) is 1.76. The summed E-state index contributed by atoms with van der Waals surface area (Å²) in [6, 6.07) is 0. The van der Waals surface area contributed by atoms with Crippen LogP contribution in [0.3, 0.4) is 0 Å². The summed E-state index contributed by atoms with van der Waals surface area (Å²) in [7, 11) is 0. The fraction of sp³-hybridized carbons (Fsp3) is 0.727. The van der Waals surface area contributed by atoms with Gasteiger partial charge in [0.2, 0.25) is 0 Å². The average Bonchev–Trinajstić information content (AvgIpc) is 2.02. The van der Waals surface area contributed by atoms with Crippen LogP contribution in [0.15, 0.2) is 17.5 Å². The van der Waals surface area contributed by atoms with Gasteiger partial charge in [0.1, 0.15) is 5.76 Å². The number of rotatable bonds is 5. The van der Waals surface area contributed by atoms with Crippen LogP contribution in [-0.2, 0) is 4.84 Å². The van der Waals surface area contributed by atoms with Crippen LogP contribution in [0.25, 0.3) is 0 Å². The van der Waals surface area contributed by atoms with E-state index in [2.05, 4.69) is 39.4 Å². The van der Waals surface area contributed by atoms with E-state index in [9.17, 15) is 0 Å². The summed E-state index contributed by atoms with van der Waals surface area (Å²) < 4.78 is 0. The van der Waals surface area contributed by atoms with E-state index < -0.39 is 0 Å². The Labute approximate surface area is 81.7 Å². The lowest BCUT2D eigenvalue weighted by Crippen LogP contribution is -2.09. The van der Waals surface area contributed by atoms with Gasteiger partial charge in [0.25, 0.3) is 0 Å². The van der Waals surface area contributed by atoms with E-state index in [0.717, 1.165) is 12.8 Å². The molecular weight excluding hydrogens is 162 g/mol. The second-order valence-electron chi connectivity index (χ2n) is 4.19. The van der Waals surface area contributed by atoms with Crippen molar-refractivity contribution < 1.29 is 4.84 Å². The summed E-state index contributed by atoms with van der Waals surface area (Å²) in [5, 5.41) is 3.85. The van der Waals surface area contributed by atoms with Gasteiger partial charge in [0, 0.05) is 11.6 Å². The number of hydrogen-bond acceptors (Lipinski definition) is 2. The van der Waals surface area contributed by atoms with Crippen LogP contribution in [0, 0.1) is 5.41 Å². The second kappa shape index (κ2) is 5.79. The molecule has 0 saturated heterocycles. The summed E-state index contributed by atoms with van der Waals surface area (Å²) in [5.74, 6) is 0.709. The van der Waals surface area contributed by atoms with Gasteiger partial charge < -0.3 is 4.84 Å². The zero-order chi connectivity index (χ0) is 10.3. The Kier molecular flexibility index (Phi) is 5.44. The lowest BCUT2D eigenvalue weighted by molar-refractivity contribution is 0.163. The first-order valence-corrected chi connectivity index (χ1v) is 4.86. The maximum atomic E-state index is 5.13. The molecule has 13 heavy (non-hydrogen) atoms. The number of allylic oxidation sites excluding steroid dienone is 1. The van der Waals surface area contributed by atoms with Crippen molar-refractivity contribution in [3.05, 3.63) is 12.3 Å². The highest BCUT2D eigenvalue weighted by atomic mass is 16.6. The normalized spacial score (nSPS) is 12.0. The van der Waals surface area contributed by atoms with Crippen molar-refractivity contribution in [2.45, 2.75) is 47.0 Å². The van der Waals surface area contributed by atoms with Gasteiger partial charge in [-0.2, -0.15) is 0 Å². The first kappa shape index (κ1) is 12.2. The van der Waals surface area contributed by atoms with E-state index in [0.29, 0.717) is 5.76 Å². The molecular formula is C11H21NO. The predicted octanol–water partition coefficient (Wildman–Crippen LogP) is 3.74. The van der Waals surface area contributed by atoms with Crippen LogP contribution in [0.1, 0.15) is 47.0 Å². The van der Waals surface area contributed by atoms with Crippen molar-refractivity contribution in [1.82, 2.24) is 0 Å². The van der Waals surface area contributed by atoms with Crippen LogP contribution in [-0.4, -0.2) is 6.21 Å². The second-order valence-corrected chi connectivity index (χ2v) is 4.19. The minimum atomic E-state index is -0.0257. The Balaban J connectivity index is 3.64. The largest absolute Gasteiger partial charge is 0.362 e. The Hall–Kier alpha value is -0.790. The molecule has 0 saturated carbocycles. The Bertz CT molecular complexity index is 177. The van der Waals surface area contributed by atoms with Crippen molar-refractivity contribution in [2.75, 3.05) is 0 Å². The summed E-state index contributed by atoms with van der Waals surface area (Å²) >= 11 is 0. The molecule has 0 N–H and O–H groups in total. The Morgan fingerprint density at radius 1 is 1.46 bits per heavy atom. The standard InChI is InChI=1S/C11H21NO/c1-6-7-8-9-12-13-10(2)11(3,4)5/h9H,2,6-8H2,1,3-5H3. The van der Waals surface area contributed by atoms with Gasteiger partial charge in [0.15, 0.2) is 0 Å². The van der Waals surface area contributed by atoms with Gasteiger partial charge in [-0.15, -0.1) is 0 Å². The van der Waals surface area contributed by atoms with Crippen LogP contribution < -0.4 is 0 Å².